The van der Waals surface area contributed by atoms with Crippen LogP contribution in [0.15, 0.2) is 34.7 Å². The van der Waals surface area contributed by atoms with Crippen molar-refractivity contribution in [3.63, 3.8) is 0 Å². The van der Waals surface area contributed by atoms with E-state index in [4.69, 9.17) is 4.98 Å². The summed E-state index contributed by atoms with van der Waals surface area (Å²) in [6, 6.07) is 6.16. The van der Waals surface area contributed by atoms with E-state index in [0.29, 0.717) is 5.39 Å². The zero-order chi connectivity index (χ0) is 20.0. The molecule has 0 radical (unpaired) electrons. The first-order chi connectivity index (χ1) is 14.1. The van der Waals surface area contributed by atoms with Crippen LogP contribution < -0.4 is 10.5 Å². The Morgan fingerprint density at radius 2 is 1.97 bits per heavy atom. The van der Waals surface area contributed by atoms with Crippen molar-refractivity contribution in [2.24, 2.45) is 0 Å². The van der Waals surface area contributed by atoms with Crippen molar-refractivity contribution >= 4 is 27.9 Å². The fourth-order valence-corrected chi connectivity index (χ4v) is 4.98. The Bertz CT molecular complexity index is 1080. The Morgan fingerprint density at radius 3 is 2.69 bits per heavy atom. The molecule has 0 bridgehead atoms. The third-order valence-electron chi connectivity index (χ3n) is 5.94. The maximum absolute atomic E-state index is 12.6. The molecule has 0 amide bonds. The van der Waals surface area contributed by atoms with Gasteiger partial charge in [-0.2, -0.15) is 0 Å². The molecule has 29 heavy (non-hydrogen) atoms. The first kappa shape index (κ1) is 18.8. The molecule has 152 valence electrons. The number of benzene rings is 1. The second kappa shape index (κ2) is 7.54. The lowest BCUT2D eigenvalue weighted by Crippen LogP contribution is -2.46. The van der Waals surface area contributed by atoms with Crippen LogP contribution in [0, 0.1) is 0 Å². The number of rotatable bonds is 5. The van der Waals surface area contributed by atoms with Crippen LogP contribution in [0.1, 0.15) is 49.4 Å². The van der Waals surface area contributed by atoms with Crippen molar-refractivity contribution in [2.75, 3.05) is 31.1 Å². The molecule has 0 spiro atoms. The summed E-state index contributed by atoms with van der Waals surface area (Å²) in [5.74, 6) is 0.747. The predicted octanol–water partition coefficient (Wildman–Crippen LogP) is 3.63. The second-order valence-corrected chi connectivity index (χ2v) is 9.36. The van der Waals surface area contributed by atoms with Crippen LogP contribution in [0.25, 0.3) is 10.9 Å². The highest BCUT2D eigenvalue weighted by atomic mass is 32.1. The van der Waals surface area contributed by atoms with Crippen molar-refractivity contribution in [1.82, 2.24) is 19.4 Å². The van der Waals surface area contributed by atoms with Crippen LogP contribution in [0.4, 0.5) is 5.69 Å². The maximum Gasteiger partial charge on any atom is 0.261 e. The molecule has 1 aliphatic carbocycles. The minimum Gasteiger partial charge on any atom is -0.369 e. The van der Waals surface area contributed by atoms with Crippen molar-refractivity contribution < 1.29 is 0 Å². The molecule has 1 aromatic carbocycles. The average molecular weight is 410 g/mol. The number of piperazine rings is 1. The summed E-state index contributed by atoms with van der Waals surface area (Å²) in [4.78, 5) is 26.9. The van der Waals surface area contributed by atoms with Crippen LogP contribution >= 0.6 is 11.3 Å². The van der Waals surface area contributed by atoms with E-state index in [1.54, 1.807) is 10.9 Å². The Balaban J connectivity index is 1.25. The second-order valence-electron chi connectivity index (χ2n) is 8.47. The lowest BCUT2D eigenvalue weighted by atomic mass is 10.2. The van der Waals surface area contributed by atoms with Gasteiger partial charge in [0.15, 0.2) is 0 Å². The predicted molar refractivity (Wildman–Crippen MR) is 118 cm³/mol. The number of anilines is 1. The molecule has 2 fully saturated rings. The first-order valence-corrected chi connectivity index (χ1v) is 11.4. The maximum atomic E-state index is 12.6. The third-order valence-corrected chi connectivity index (χ3v) is 7.00. The zero-order valence-corrected chi connectivity index (χ0v) is 17.9. The third kappa shape index (κ3) is 3.81. The molecule has 5 rings (SSSR count). The number of nitrogens with zero attached hydrogens (tertiary/aromatic N) is 5. The molecule has 3 heterocycles. The van der Waals surface area contributed by atoms with Crippen molar-refractivity contribution in [1.29, 1.82) is 0 Å². The molecule has 3 aromatic rings. The summed E-state index contributed by atoms with van der Waals surface area (Å²) in [7, 11) is 0. The topological polar surface area (TPSA) is 54.3 Å². The molecular formula is C22H27N5OS. The highest BCUT2D eigenvalue weighted by molar-refractivity contribution is 7.09. The number of aromatic nitrogens is 3. The highest BCUT2D eigenvalue weighted by Crippen LogP contribution is 2.41. The van der Waals surface area contributed by atoms with Gasteiger partial charge in [-0.25, -0.2) is 9.97 Å². The Labute approximate surface area is 174 Å². The van der Waals surface area contributed by atoms with Gasteiger partial charge in [-0.3, -0.25) is 14.3 Å². The standard InChI is InChI=1S/C22H27N5OS/c1-15(2)27-14-23-20-11-18(5-6-19(20)22(27)28)26-9-7-25(8-10-26)12-17-13-29-21(24-17)16-3-4-16/h5-6,11,13-16H,3-4,7-10,12H2,1-2H3. The number of thiazole rings is 1. The van der Waals surface area contributed by atoms with E-state index in [2.05, 4.69) is 32.3 Å². The van der Waals surface area contributed by atoms with E-state index in [1.165, 1.54) is 23.5 Å². The quantitative estimate of drug-likeness (QED) is 0.644. The van der Waals surface area contributed by atoms with Gasteiger partial charge in [0.2, 0.25) is 0 Å². The summed E-state index contributed by atoms with van der Waals surface area (Å²) >= 11 is 1.83. The summed E-state index contributed by atoms with van der Waals surface area (Å²) in [5, 5.41) is 4.26. The van der Waals surface area contributed by atoms with Crippen LogP contribution in [-0.2, 0) is 6.54 Å². The summed E-state index contributed by atoms with van der Waals surface area (Å²) in [6.45, 7) is 8.96. The van der Waals surface area contributed by atoms with Crippen LogP contribution in [0.5, 0.6) is 0 Å². The van der Waals surface area contributed by atoms with Crippen LogP contribution in [-0.4, -0.2) is 45.6 Å². The van der Waals surface area contributed by atoms with Crippen molar-refractivity contribution in [3.05, 3.63) is 51.0 Å². The number of hydrogen-bond acceptors (Lipinski definition) is 6. The largest absolute Gasteiger partial charge is 0.369 e. The normalized spacial score (nSPS) is 18.1. The molecule has 1 aliphatic heterocycles. The summed E-state index contributed by atoms with van der Waals surface area (Å²) in [5.41, 5.74) is 3.19. The smallest absolute Gasteiger partial charge is 0.261 e. The number of fused-ring (bicyclic) bond motifs is 1. The van der Waals surface area contributed by atoms with E-state index < -0.39 is 0 Å². The molecule has 1 saturated heterocycles. The van der Waals surface area contributed by atoms with E-state index >= 15 is 0 Å². The van der Waals surface area contributed by atoms with Gasteiger partial charge in [-0.1, -0.05) is 0 Å². The van der Waals surface area contributed by atoms with Crippen molar-refractivity contribution in [2.45, 2.75) is 45.2 Å². The minimum atomic E-state index is 0.0372. The van der Waals surface area contributed by atoms with Crippen LogP contribution in [0.2, 0.25) is 0 Å². The first-order valence-electron chi connectivity index (χ1n) is 10.5. The Hall–Kier alpha value is -2.25. The Morgan fingerprint density at radius 1 is 1.17 bits per heavy atom. The molecule has 0 unspecified atom stereocenters. The zero-order valence-electron chi connectivity index (χ0n) is 17.0. The molecule has 7 heteroatoms. The lowest BCUT2D eigenvalue weighted by molar-refractivity contribution is 0.247. The minimum absolute atomic E-state index is 0.0372. The highest BCUT2D eigenvalue weighted by Gasteiger charge is 2.27. The lowest BCUT2D eigenvalue weighted by Gasteiger charge is -2.35. The van der Waals surface area contributed by atoms with Gasteiger partial charge in [0.25, 0.3) is 5.56 Å². The number of hydrogen-bond donors (Lipinski definition) is 0. The van der Waals surface area contributed by atoms with E-state index in [9.17, 15) is 4.79 Å². The summed E-state index contributed by atoms with van der Waals surface area (Å²) in [6.07, 6.45) is 4.30. The molecule has 0 N–H and O–H groups in total. The fraction of sp³-hybridized carbons (Fsp3) is 0.500. The summed E-state index contributed by atoms with van der Waals surface area (Å²) < 4.78 is 1.69. The van der Waals surface area contributed by atoms with Gasteiger partial charge >= 0.3 is 0 Å². The van der Waals surface area contributed by atoms with E-state index in [-0.39, 0.29) is 11.6 Å². The molecule has 1 saturated carbocycles. The van der Waals surface area contributed by atoms with Gasteiger partial charge < -0.3 is 4.90 Å². The van der Waals surface area contributed by atoms with Gasteiger partial charge in [0, 0.05) is 55.8 Å². The molecule has 2 aliphatic rings. The molecule has 6 nitrogen and oxygen atoms in total. The Kier molecular flexibility index (Phi) is 4.87. The van der Waals surface area contributed by atoms with E-state index in [0.717, 1.165) is 49.8 Å². The SMILES string of the molecule is CC(C)n1cnc2cc(N3CCN(Cc4csc(C5CC5)n4)CC3)ccc2c1=O. The fourth-order valence-electron chi connectivity index (χ4n) is 3.99. The molecular weight excluding hydrogens is 382 g/mol. The monoisotopic (exact) mass is 409 g/mol. The molecule has 0 atom stereocenters. The average Bonchev–Trinajstić information content (AvgIpc) is 3.47. The van der Waals surface area contributed by atoms with Crippen LogP contribution in [0.3, 0.4) is 0 Å². The van der Waals surface area contributed by atoms with Crippen molar-refractivity contribution in [3.8, 4) is 0 Å². The van der Waals surface area contributed by atoms with E-state index in [1.807, 2.05) is 31.3 Å². The van der Waals surface area contributed by atoms with Gasteiger partial charge in [0.1, 0.15) is 0 Å². The van der Waals surface area contributed by atoms with Gasteiger partial charge in [-0.05, 0) is 44.9 Å². The van der Waals surface area contributed by atoms with Gasteiger partial charge in [-0.15, -0.1) is 11.3 Å². The molecule has 2 aromatic heterocycles. The van der Waals surface area contributed by atoms with Gasteiger partial charge in [0.05, 0.1) is 27.9 Å².